The standard InChI is InChI=1S/C34H52N4O8/c1-20(16-37-27(39)23-10-6-7-11-24(23)28(37)40)45-31(43)35-19-34(5)15-22(14-33(3,4)18-34)36-32(44)46-21(2)17-38-29(41)25-12-8-9-13-26(25)30(38)42/h20-26H,6-19H2,1-5H3,(H,35,43)(H,36,44). The lowest BCUT2D eigenvalue weighted by atomic mass is 9.62. The van der Waals surface area contributed by atoms with Crippen molar-refractivity contribution in [1.29, 1.82) is 0 Å². The first kappa shape index (κ1) is 34.2. The molecule has 8 unspecified atom stereocenters. The lowest BCUT2D eigenvalue weighted by molar-refractivity contribution is -0.142. The lowest BCUT2D eigenvalue weighted by Crippen LogP contribution is -2.51. The number of nitrogens with zero attached hydrogens (tertiary/aromatic N) is 2. The average Bonchev–Trinajstić information content (AvgIpc) is 3.35. The van der Waals surface area contributed by atoms with E-state index in [1.165, 1.54) is 9.80 Å². The van der Waals surface area contributed by atoms with Crippen LogP contribution < -0.4 is 10.6 Å². The minimum absolute atomic E-state index is 0.0517. The number of fused-ring (bicyclic) bond motifs is 2. The van der Waals surface area contributed by atoms with Gasteiger partial charge in [0, 0.05) is 12.6 Å². The minimum Gasteiger partial charge on any atom is -0.445 e. The number of rotatable bonds is 9. The first-order valence-electron chi connectivity index (χ1n) is 17.3. The second kappa shape index (κ2) is 13.5. The summed E-state index contributed by atoms with van der Waals surface area (Å²) in [5.41, 5.74) is -0.484. The number of nitrogens with one attached hydrogen (secondary N) is 2. The van der Waals surface area contributed by atoms with Gasteiger partial charge in [-0.25, -0.2) is 9.59 Å². The summed E-state index contributed by atoms with van der Waals surface area (Å²) in [6, 6.07) is -0.209. The van der Waals surface area contributed by atoms with Gasteiger partial charge in [0.25, 0.3) is 0 Å². The van der Waals surface area contributed by atoms with Gasteiger partial charge in [0.1, 0.15) is 12.2 Å². The Balaban J connectivity index is 1.08. The molecular formula is C34H52N4O8. The zero-order chi connectivity index (χ0) is 33.4. The van der Waals surface area contributed by atoms with Gasteiger partial charge in [-0.2, -0.15) is 0 Å². The molecule has 0 aromatic heterocycles. The maximum atomic E-state index is 12.9. The fraction of sp³-hybridized carbons (Fsp3) is 0.824. The van der Waals surface area contributed by atoms with Crippen molar-refractivity contribution in [3.63, 3.8) is 0 Å². The number of amides is 6. The Morgan fingerprint density at radius 2 is 1.13 bits per heavy atom. The smallest absolute Gasteiger partial charge is 0.407 e. The van der Waals surface area contributed by atoms with Crippen LogP contribution in [0.15, 0.2) is 0 Å². The molecule has 8 atom stereocenters. The molecule has 12 nitrogen and oxygen atoms in total. The summed E-state index contributed by atoms with van der Waals surface area (Å²) in [7, 11) is 0. The maximum absolute atomic E-state index is 12.9. The highest BCUT2D eigenvalue weighted by molar-refractivity contribution is 6.05. The Bertz CT molecular complexity index is 1190. The van der Waals surface area contributed by atoms with E-state index in [2.05, 4.69) is 31.4 Å². The van der Waals surface area contributed by atoms with E-state index < -0.39 is 24.4 Å². The van der Waals surface area contributed by atoms with Gasteiger partial charge in [0.05, 0.1) is 36.8 Å². The Labute approximate surface area is 272 Å². The molecule has 0 spiro atoms. The zero-order valence-electron chi connectivity index (χ0n) is 28.1. The molecule has 5 fully saturated rings. The summed E-state index contributed by atoms with van der Waals surface area (Å²) >= 11 is 0. The molecule has 2 saturated heterocycles. The lowest BCUT2D eigenvalue weighted by Gasteiger charge is -2.46. The molecule has 5 rings (SSSR count). The highest BCUT2D eigenvalue weighted by Crippen LogP contribution is 2.46. The van der Waals surface area contributed by atoms with Crippen LogP contribution in [0.3, 0.4) is 0 Å². The van der Waals surface area contributed by atoms with Crippen molar-refractivity contribution in [2.75, 3.05) is 19.6 Å². The van der Waals surface area contributed by atoms with Crippen LogP contribution in [0, 0.1) is 34.5 Å². The van der Waals surface area contributed by atoms with Gasteiger partial charge < -0.3 is 20.1 Å². The van der Waals surface area contributed by atoms with Crippen molar-refractivity contribution >= 4 is 35.8 Å². The molecule has 0 aromatic carbocycles. The summed E-state index contributed by atoms with van der Waals surface area (Å²) in [6.07, 6.45) is 6.41. The normalized spacial score (nSPS) is 33.6. The van der Waals surface area contributed by atoms with Crippen molar-refractivity contribution in [1.82, 2.24) is 20.4 Å². The van der Waals surface area contributed by atoms with E-state index in [1.807, 2.05) is 0 Å². The van der Waals surface area contributed by atoms with E-state index in [9.17, 15) is 28.8 Å². The van der Waals surface area contributed by atoms with Crippen molar-refractivity contribution < 1.29 is 38.2 Å². The van der Waals surface area contributed by atoms with Crippen LogP contribution in [-0.4, -0.2) is 83.5 Å². The van der Waals surface area contributed by atoms with Crippen molar-refractivity contribution in [3.8, 4) is 0 Å². The van der Waals surface area contributed by atoms with Crippen LogP contribution in [0.4, 0.5) is 9.59 Å². The number of carbonyl (C=O) groups is 6. The Kier molecular flexibility index (Phi) is 10.0. The summed E-state index contributed by atoms with van der Waals surface area (Å²) in [5.74, 6) is -1.53. The van der Waals surface area contributed by atoms with Gasteiger partial charge in [-0.3, -0.25) is 29.0 Å². The predicted octanol–water partition coefficient (Wildman–Crippen LogP) is 4.15. The summed E-state index contributed by atoms with van der Waals surface area (Å²) in [6.45, 7) is 10.1. The predicted molar refractivity (Wildman–Crippen MR) is 167 cm³/mol. The molecule has 46 heavy (non-hydrogen) atoms. The number of hydrogen-bond acceptors (Lipinski definition) is 8. The number of likely N-dealkylation sites (tertiary alicyclic amines) is 2. The molecule has 0 bridgehead atoms. The molecule has 2 N–H and O–H groups in total. The van der Waals surface area contributed by atoms with Gasteiger partial charge in [0.2, 0.25) is 23.6 Å². The number of alkyl carbamates (subject to hydrolysis) is 2. The van der Waals surface area contributed by atoms with Crippen LogP contribution in [0.1, 0.15) is 105 Å². The average molecular weight is 645 g/mol. The molecule has 256 valence electrons. The molecular weight excluding hydrogens is 592 g/mol. The second-order valence-corrected chi connectivity index (χ2v) is 15.8. The van der Waals surface area contributed by atoms with E-state index in [4.69, 9.17) is 9.47 Å². The van der Waals surface area contributed by atoms with Crippen molar-refractivity contribution in [2.24, 2.45) is 34.5 Å². The quantitative estimate of drug-likeness (QED) is 0.355. The molecule has 5 aliphatic rings. The molecule has 12 heteroatoms. The fourth-order valence-corrected chi connectivity index (χ4v) is 9.17. The number of hydrogen-bond donors (Lipinski definition) is 2. The Hall–Kier alpha value is -3.18. The van der Waals surface area contributed by atoms with Crippen molar-refractivity contribution in [3.05, 3.63) is 0 Å². The third-order valence-electron chi connectivity index (χ3n) is 10.8. The molecule has 3 saturated carbocycles. The van der Waals surface area contributed by atoms with E-state index in [0.717, 1.165) is 64.2 Å². The molecule has 2 heterocycles. The molecule has 0 aromatic rings. The van der Waals surface area contributed by atoms with E-state index in [-0.39, 0.29) is 77.3 Å². The highest BCUT2D eigenvalue weighted by atomic mass is 16.6. The maximum Gasteiger partial charge on any atom is 0.407 e. The Morgan fingerprint density at radius 1 is 0.717 bits per heavy atom. The molecule has 6 amide bonds. The van der Waals surface area contributed by atoms with Gasteiger partial charge in [-0.05, 0) is 69.6 Å². The minimum atomic E-state index is -0.648. The van der Waals surface area contributed by atoms with Crippen LogP contribution in [0.5, 0.6) is 0 Å². The van der Waals surface area contributed by atoms with Crippen LogP contribution in [0.25, 0.3) is 0 Å². The van der Waals surface area contributed by atoms with Crippen molar-refractivity contribution in [2.45, 2.75) is 123 Å². The van der Waals surface area contributed by atoms with E-state index in [1.54, 1.807) is 13.8 Å². The SMILES string of the molecule is CC(CN1C(=O)C2CCCCC2C1=O)OC(=O)NCC1(C)CC(NC(=O)OC(C)CN2C(=O)C3CCCCC3C2=O)CC(C)(C)C1. The Morgan fingerprint density at radius 3 is 1.57 bits per heavy atom. The molecule has 3 aliphatic carbocycles. The largest absolute Gasteiger partial charge is 0.445 e. The van der Waals surface area contributed by atoms with Gasteiger partial charge in [0.15, 0.2) is 0 Å². The summed E-state index contributed by atoms with van der Waals surface area (Å²) in [4.78, 5) is 79.5. The van der Waals surface area contributed by atoms with Crippen LogP contribution in [-0.2, 0) is 28.7 Å². The first-order valence-corrected chi connectivity index (χ1v) is 17.3. The third kappa shape index (κ3) is 7.51. The van der Waals surface area contributed by atoms with Gasteiger partial charge in [-0.15, -0.1) is 0 Å². The highest BCUT2D eigenvalue weighted by Gasteiger charge is 2.50. The number of carbonyl (C=O) groups excluding carboxylic acids is 6. The number of ether oxygens (including phenoxy) is 2. The monoisotopic (exact) mass is 644 g/mol. The molecule has 2 aliphatic heterocycles. The van der Waals surface area contributed by atoms with E-state index >= 15 is 0 Å². The topological polar surface area (TPSA) is 151 Å². The zero-order valence-corrected chi connectivity index (χ0v) is 28.1. The summed E-state index contributed by atoms with van der Waals surface area (Å²) < 4.78 is 11.2. The fourth-order valence-electron chi connectivity index (χ4n) is 9.17. The van der Waals surface area contributed by atoms with E-state index in [0.29, 0.717) is 13.0 Å². The summed E-state index contributed by atoms with van der Waals surface area (Å²) in [5, 5.41) is 5.86. The molecule has 0 radical (unpaired) electrons. The van der Waals surface area contributed by atoms with Crippen LogP contribution >= 0.6 is 0 Å². The van der Waals surface area contributed by atoms with Gasteiger partial charge >= 0.3 is 12.2 Å². The first-order chi connectivity index (χ1) is 21.7. The van der Waals surface area contributed by atoms with Gasteiger partial charge in [-0.1, -0.05) is 46.5 Å². The third-order valence-corrected chi connectivity index (χ3v) is 10.8. The van der Waals surface area contributed by atoms with Crippen LogP contribution in [0.2, 0.25) is 0 Å². The second-order valence-electron chi connectivity index (χ2n) is 15.8. The number of imide groups is 2.